The van der Waals surface area contributed by atoms with Crippen LogP contribution in [0.15, 0.2) is 18.2 Å². The third-order valence-corrected chi connectivity index (χ3v) is 3.55. The Balaban J connectivity index is 2.02. The number of carbonyl (C=O) groups is 1. The van der Waals surface area contributed by atoms with Crippen LogP contribution in [0.25, 0.3) is 0 Å². The lowest BCUT2D eigenvalue weighted by Gasteiger charge is -2.11. The Morgan fingerprint density at radius 1 is 1.29 bits per heavy atom. The maximum absolute atomic E-state index is 11.3. The van der Waals surface area contributed by atoms with Gasteiger partial charge >= 0.3 is 0 Å². The maximum Gasteiger partial charge on any atom is 0.220 e. The van der Waals surface area contributed by atoms with Gasteiger partial charge in [0.1, 0.15) is 0 Å². The molecule has 1 aliphatic rings. The summed E-state index contributed by atoms with van der Waals surface area (Å²) in [6.07, 6.45) is 3.29. The molecule has 0 bridgehead atoms. The summed E-state index contributed by atoms with van der Waals surface area (Å²) in [4.78, 5) is 13.2. The summed E-state index contributed by atoms with van der Waals surface area (Å²) >= 11 is 5.67. The Hall–Kier alpha value is -1.02. The fourth-order valence-electron chi connectivity index (χ4n) is 2.25. The van der Waals surface area contributed by atoms with Gasteiger partial charge in [0, 0.05) is 25.9 Å². The van der Waals surface area contributed by atoms with Gasteiger partial charge in [0.05, 0.1) is 0 Å². The Morgan fingerprint density at radius 2 is 2.06 bits per heavy atom. The van der Waals surface area contributed by atoms with Gasteiger partial charge in [-0.1, -0.05) is 18.2 Å². The smallest absolute Gasteiger partial charge is 0.220 e. The second-order valence-corrected chi connectivity index (χ2v) is 5.00. The molecule has 0 aliphatic carbocycles. The van der Waals surface area contributed by atoms with Gasteiger partial charge in [0.25, 0.3) is 0 Å². The van der Waals surface area contributed by atoms with Crippen molar-refractivity contribution in [1.29, 1.82) is 0 Å². The van der Waals surface area contributed by atoms with Crippen LogP contribution in [0.4, 0.5) is 0 Å². The van der Waals surface area contributed by atoms with Crippen molar-refractivity contribution < 1.29 is 4.79 Å². The second kappa shape index (κ2) is 5.54. The van der Waals surface area contributed by atoms with Gasteiger partial charge in [-0.05, 0) is 36.0 Å². The number of rotatable bonds is 4. The number of halogens is 1. The van der Waals surface area contributed by atoms with Gasteiger partial charge in [-0.3, -0.25) is 4.79 Å². The molecule has 92 valence electrons. The number of aryl methyl sites for hydroxylation is 1. The van der Waals surface area contributed by atoms with E-state index in [0.717, 1.165) is 38.2 Å². The highest BCUT2D eigenvalue weighted by atomic mass is 35.5. The van der Waals surface area contributed by atoms with Crippen molar-refractivity contribution in [1.82, 2.24) is 4.90 Å². The number of fused-ring (bicyclic) bond motifs is 1. The van der Waals surface area contributed by atoms with Crippen molar-refractivity contribution in [3.63, 3.8) is 0 Å². The van der Waals surface area contributed by atoms with Crippen LogP contribution in [0.5, 0.6) is 0 Å². The van der Waals surface area contributed by atoms with E-state index in [0.29, 0.717) is 0 Å². The first kappa shape index (κ1) is 12.4. The van der Waals surface area contributed by atoms with E-state index in [9.17, 15) is 4.79 Å². The number of nitrogens with zero attached hydrogens (tertiary/aromatic N) is 1. The van der Waals surface area contributed by atoms with E-state index >= 15 is 0 Å². The molecule has 1 aromatic carbocycles. The summed E-state index contributed by atoms with van der Waals surface area (Å²) in [5.74, 6) is 0.896. The normalized spacial score (nSPS) is 13.9. The molecule has 3 heteroatoms. The molecule has 0 radical (unpaired) electrons. The molecule has 17 heavy (non-hydrogen) atoms. The van der Waals surface area contributed by atoms with Crippen molar-refractivity contribution in [2.24, 2.45) is 0 Å². The molecular formula is C14H18ClNO. The fourth-order valence-corrected chi connectivity index (χ4v) is 2.44. The highest BCUT2D eigenvalue weighted by Crippen LogP contribution is 2.24. The molecule has 0 aromatic heterocycles. The van der Waals surface area contributed by atoms with Crippen LogP contribution in [0, 0.1) is 0 Å². The minimum absolute atomic E-state index is 0.157. The van der Waals surface area contributed by atoms with E-state index in [1.165, 1.54) is 16.7 Å². The summed E-state index contributed by atoms with van der Waals surface area (Å²) < 4.78 is 0. The monoisotopic (exact) mass is 251 g/mol. The van der Waals surface area contributed by atoms with Gasteiger partial charge in [0.15, 0.2) is 0 Å². The molecule has 0 spiro atoms. The first-order valence-corrected chi connectivity index (χ1v) is 6.66. The summed E-state index contributed by atoms with van der Waals surface area (Å²) in [6, 6.07) is 6.58. The molecule has 0 atom stereocenters. The minimum Gasteiger partial charge on any atom is -0.334 e. The minimum atomic E-state index is 0.157. The number of amides is 1. The van der Waals surface area contributed by atoms with Gasteiger partial charge in [-0.15, -0.1) is 11.6 Å². The standard InChI is InChI=1S/C14H18ClNO/c1-11(17)16-9-13-6-5-12(4-2-3-7-15)8-14(13)10-16/h5-6,8H,2-4,7,9-10H2,1H3. The zero-order chi connectivity index (χ0) is 12.3. The Kier molecular flexibility index (Phi) is 4.06. The SMILES string of the molecule is CC(=O)N1Cc2ccc(CCCCCl)cc2C1. The maximum atomic E-state index is 11.3. The number of alkyl halides is 1. The molecule has 0 saturated heterocycles. The second-order valence-electron chi connectivity index (χ2n) is 4.62. The van der Waals surface area contributed by atoms with E-state index in [1.807, 2.05) is 4.90 Å². The Morgan fingerprint density at radius 3 is 2.76 bits per heavy atom. The summed E-state index contributed by atoms with van der Waals surface area (Å²) in [7, 11) is 0. The Bertz CT molecular complexity index is 417. The molecule has 2 rings (SSSR count). The van der Waals surface area contributed by atoms with Crippen LogP contribution >= 0.6 is 11.6 Å². The molecule has 1 heterocycles. The average molecular weight is 252 g/mol. The predicted octanol–water partition coefficient (Wildman–Crippen LogP) is 3.11. The lowest BCUT2D eigenvalue weighted by molar-refractivity contribution is -0.129. The first-order valence-electron chi connectivity index (χ1n) is 6.13. The van der Waals surface area contributed by atoms with E-state index in [-0.39, 0.29) is 5.91 Å². The van der Waals surface area contributed by atoms with Crippen molar-refractivity contribution in [2.75, 3.05) is 5.88 Å². The van der Waals surface area contributed by atoms with Crippen LogP contribution < -0.4 is 0 Å². The van der Waals surface area contributed by atoms with Gasteiger partial charge < -0.3 is 4.90 Å². The van der Waals surface area contributed by atoms with E-state index < -0.39 is 0 Å². The first-order chi connectivity index (χ1) is 8.20. The molecule has 0 unspecified atom stereocenters. The fraction of sp³-hybridized carbons (Fsp3) is 0.500. The molecule has 1 aromatic rings. The third-order valence-electron chi connectivity index (χ3n) is 3.29. The lowest BCUT2D eigenvalue weighted by atomic mass is 10.0. The van der Waals surface area contributed by atoms with Gasteiger partial charge in [-0.2, -0.15) is 0 Å². The van der Waals surface area contributed by atoms with Crippen LogP contribution in [-0.2, 0) is 24.3 Å². The van der Waals surface area contributed by atoms with Gasteiger partial charge in [-0.25, -0.2) is 0 Å². The van der Waals surface area contributed by atoms with E-state index in [4.69, 9.17) is 11.6 Å². The number of unbranched alkanes of at least 4 members (excludes halogenated alkanes) is 1. The molecule has 0 fully saturated rings. The van der Waals surface area contributed by atoms with Crippen LogP contribution in [-0.4, -0.2) is 16.7 Å². The highest BCUT2D eigenvalue weighted by Gasteiger charge is 2.20. The summed E-state index contributed by atoms with van der Waals surface area (Å²) in [5.41, 5.74) is 3.96. The van der Waals surface area contributed by atoms with Crippen LogP contribution in [0.2, 0.25) is 0 Å². The number of carbonyl (C=O) groups excluding carboxylic acids is 1. The highest BCUT2D eigenvalue weighted by molar-refractivity contribution is 6.17. The van der Waals surface area contributed by atoms with Crippen LogP contribution in [0.1, 0.15) is 36.5 Å². The quantitative estimate of drug-likeness (QED) is 0.595. The number of hydrogen-bond acceptors (Lipinski definition) is 1. The topological polar surface area (TPSA) is 20.3 Å². The molecule has 0 N–H and O–H groups in total. The summed E-state index contributed by atoms with van der Waals surface area (Å²) in [5, 5.41) is 0. The average Bonchev–Trinajstić information content (AvgIpc) is 2.72. The number of hydrogen-bond donors (Lipinski definition) is 0. The lowest BCUT2D eigenvalue weighted by Crippen LogP contribution is -2.21. The molecule has 0 saturated carbocycles. The Labute approximate surface area is 108 Å². The zero-order valence-electron chi connectivity index (χ0n) is 10.2. The van der Waals surface area contributed by atoms with E-state index in [1.54, 1.807) is 6.92 Å². The molecule has 1 amide bonds. The number of benzene rings is 1. The van der Waals surface area contributed by atoms with Crippen molar-refractivity contribution in [3.05, 3.63) is 34.9 Å². The summed E-state index contributed by atoms with van der Waals surface area (Å²) in [6.45, 7) is 3.17. The van der Waals surface area contributed by atoms with Crippen LogP contribution in [0.3, 0.4) is 0 Å². The van der Waals surface area contributed by atoms with Crippen molar-refractivity contribution in [2.45, 2.75) is 39.3 Å². The third kappa shape index (κ3) is 3.01. The molecular weight excluding hydrogens is 234 g/mol. The van der Waals surface area contributed by atoms with Gasteiger partial charge in [0.2, 0.25) is 5.91 Å². The predicted molar refractivity (Wildman–Crippen MR) is 70.0 cm³/mol. The largest absolute Gasteiger partial charge is 0.334 e. The molecule has 2 nitrogen and oxygen atoms in total. The zero-order valence-corrected chi connectivity index (χ0v) is 11.0. The molecule has 1 aliphatic heterocycles. The van der Waals surface area contributed by atoms with E-state index in [2.05, 4.69) is 18.2 Å². The van der Waals surface area contributed by atoms with Crippen molar-refractivity contribution >= 4 is 17.5 Å². The van der Waals surface area contributed by atoms with Crippen molar-refractivity contribution in [3.8, 4) is 0 Å².